The van der Waals surface area contributed by atoms with Gasteiger partial charge in [0.2, 0.25) is 5.91 Å². The highest BCUT2D eigenvalue weighted by Gasteiger charge is 2.23. The lowest BCUT2D eigenvalue weighted by Gasteiger charge is -2.09. The number of anilines is 1. The molecule has 0 spiro atoms. The smallest absolute Gasteiger partial charge is 0.230 e. The van der Waals surface area contributed by atoms with Gasteiger partial charge in [-0.2, -0.15) is 0 Å². The van der Waals surface area contributed by atoms with E-state index in [1.165, 1.54) is 0 Å². The number of hydrogen-bond donors (Lipinski definition) is 2. The molecule has 0 radical (unpaired) electrons. The molecule has 0 atom stereocenters. The van der Waals surface area contributed by atoms with Crippen molar-refractivity contribution in [3.63, 3.8) is 0 Å². The third kappa shape index (κ3) is 1.84. The molecule has 0 fully saturated rings. The summed E-state index contributed by atoms with van der Waals surface area (Å²) in [7, 11) is 1.57. The SMILES string of the molecule is COc1ccc2c(c1)-n1nnc(CO)c1CC(=O)N2. The summed E-state index contributed by atoms with van der Waals surface area (Å²) in [4.78, 5) is 11.8. The van der Waals surface area contributed by atoms with Crippen LogP contribution < -0.4 is 10.1 Å². The molecule has 2 N–H and O–H groups in total. The van der Waals surface area contributed by atoms with Crippen molar-refractivity contribution in [2.75, 3.05) is 12.4 Å². The van der Waals surface area contributed by atoms with E-state index in [1.807, 2.05) is 0 Å². The van der Waals surface area contributed by atoms with Crippen molar-refractivity contribution in [2.24, 2.45) is 0 Å². The number of ether oxygens (including phenoxy) is 1. The second-order valence-electron chi connectivity index (χ2n) is 4.16. The molecule has 1 aliphatic rings. The van der Waals surface area contributed by atoms with Crippen molar-refractivity contribution in [3.05, 3.63) is 29.6 Å². The summed E-state index contributed by atoms with van der Waals surface area (Å²) in [6.45, 7) is -0.248. The molecular formula is C12H12N4O3. The Balaban J connectivity index is 2.24. The van der Waals surface area contributed by atoms with Gasteiger partial charge in [0.1, 0.15) is 11.4 Å². The lowest BCUT2D eigenvalue weighted by molar-refractivity contribution is -0.115. The summed E-state index contributed by atoms with van der Waals surface area (Å²) in [5.41, 5.74) is 2.31. The van der Waals surface area contributed by atoms with Gasteiger partial charge in [0.25, 0.3) is 0 Å². The zero-order chi connectivity index (χ0) is 13.4. The maximum Gasteiger partial charge on any atom is 0.230 e. The van der Waals surface area contributed by atoms with Crippen LogP contribution in [0.25, 0.3) is 5.69 Å². The van der Waals surface area contributed by atoms with Crippen molar-refractivity contribution in [1.82, 2.24) is 15.0 Å². The highest BCUT2D eigenvalue weighted by molar-refractivity contribution is 5.95. The second kappa shape index (κ2) is 4.36. The molecule has 3 rings (SSSR count). The molecule has 19 heavy (non-hydrogen) atoms. The Hall–Kier alpha value is -2.41. The fourth-order valence-electron chi connectivity index (χ4n) is 2.09. The van der Waals surface area contributed by atoms with Crippen LogP contribution >= 0.6 is 0 Å². The van der Waals surface area contributed by atoms with Gasteiger partial charge in [-0.15, -0.1) is 5.10 Å². The minimum absolute atomic E-state index is 0.125. The molecular weight excluding hydrogens is 248 g/mol. The lowest BCUT2D eigenvalue weighted by Crippen LogP contribution is -2.13. The number of rotatable bonds is 2. The number of aromatic nitrogens is 3. The summed E-state index contributed by atoms with van der Waals surface area (Å²) in [6, 6.07) is 5.27. The monoisotopic (exact) mass is 260 g/mol. The van der Waals surface area contributed by atoms with Gasteiger partial charge < -0.3 is 15.2 Å². The number of methoxy groups -OCH3 is 1. The van der Waals surface area contributed by atoms with Crippen LogP contribution in [-0.4, -0.2) is 33.1 Å². The quantitative estimate of drug-likeness (QED) is 0.808. The van der Waals surface area contributed by atoms with Crippen molar-refractivity contribution >= 4 is 11.6 Å². The van der Waals surface area contributed by atoms with Gasteiger partial charge in [-0.3, -0.25) is 4.79 Å². The van der Waals surface area contributed by atoms with Crippen LogP contribution in [0.2, 0.25) is 0 Å². The predicted molar refractivity (Wildman–Crippen MR) is 66.2 cm³/mol. The Kier molecular flexibility index (Phi) is 2.68. The number of nitrogens with one attached hydrogen (secondary N) is 1. The van der Waals surface area contributed by atoms with Gasteiger partial charge in [-0.05, 0) is 12.1 Å². The van der Waals surface area contributed by atoms with Crippen molar-refractivity contribution in [3.8, 4) is 11.4 Å². The number of benzene rings is 1. The molecule has 0 unspecified atom stereocenters. The van der Waals surface area contributed by atoms with Gasteiger partial charge in [0.05, 0.1) is 37.2 Å². The Bertz CT molecular complexity index is 650. The first-order valence-electron chi connectivity index (χ1n) is 5.75. The largest absolute Gasteiger partial charge is 0.497 e. The molecule has 7 nitrogen and oxygen atoms in total. The Morgan fingerprint density at radius 3 is 3.11 bits per heavy atom. The average Bonchev–Trinajstić information content (AvgIpc) is 2.75. The van der Waals surface area contributed by atoms with Crippen LogP contribution in [0.5, 0.6) is 5.75 Å². The third-order valence-corrected chi connectivity index (χ3v) is 3.03. The van der Waals surface area contributed by atoms with E-state index in [-0.39, 0.29) is 18.9 Å². The fraction of sp³-hybridized carbons (Fsp3) is 0.250. The van der Waals surface area contributed by atoms with Gasteiger partial charge >= 0.3 is 0 Å². The van der Waals surface area contributed by atoms with Crippen LogP contribution in [0.3, 0.4) is 0 Å². The maximum absolute atomic E-state index is 11.8. The molecule has 1 aliphatic heterocycles. The molecule has 2 heterocycles. The van der Waals surface area contributed by atoms with E-state index in [1.54, 1.807) is 30.0 Å². The number of hydrogen-bond acceptors (Lipinski definition) is 5. The van der Waals surface area contributed by atoms with Gasteiger partial charge in [-0.25, -0.2) is 4.68 Å². The zero-order valence-corrected chi connectivity index (χ0v) is 10.3. The van der Waals surface area contributed by atoms with Crippen molar-refractivity contribution < 1.29 is 14.6 Å². The van der Waals surface area contributed by atoms with Crippen LogP contribution in [-0.2, 0) is 17.8 Å². The van der Waals surface area contributed by atoms with Gasteiger partial charge in [-0.1, -0.05) is 5.21 Å². The molecule has 7 heteroatoms. The number of carbonyl (C=O) groups is 1. The van der Waals surface area contributed by atoms with Crippen LogP contribution in [0.15, 0.2) is 18.2 Å². The normalized spacial score (nSPS) is 13.3. The molecule has 98 valence electrons. The first-order valence-corrected chi connectivity index (χ1v) is 5.75. The lowest BCUT2D eigenvalue weighted by atomic mass is 10.2. The van der Waals surface area contributed by atoms with E-state index in [2.05, 4.69) is 15.6 Å². The zero-order valence-electron chi connectivity index (χ0n) is 10.3. The van der Waals surface area contributed by atoms with Crippen LogP contribution in [0.1, 0.15) is 11.4 Å². The molecule has 0 aliphatic carbocycles. The molecule has 0 bridgehead atoms. The summed E-state index contributed by atoms with van der Waals surface area (Å²) < 4.78 is 6.73. The average molecular weight is 260 g/mol. The number of aliphatic hydroxyl groups excluding tert-OH is 1. The molecule has 1 aromatic carbocycles. The van der Waals surface area contributed by atoms with Gasteiger partial charge in [0, 0.05) is 6.07 Å². The van der Waals surface area contributed by atoms with E-state index in [0.717, 1.165) is 0 Å². The summed E-state index contributed by atoms with van der Waals surface area (Å²) in [6.07, 6.45) is 0.125. The molecule has 0 saturated heterocycles. The minimum atomic E-state index is -0.248. The van der Waals surface area contributed by atoms with E-state index in [4.69, 9.17) is 4.74 Å². The highest BCUT2D eigenvalue weighted by atomic mass is 16.5. The van der Waals surface area contributed by atoms with E-state index in [0.29, 0.717) is 28.5 Å². The third-order valence-electron chi connectivity index (χ3n) is 3.03. The summed E-state index contributed by atoms with van der Waals surface area (Å²) in [5, 5.41) is 19.9. The Labute approximate surface area is 108 Å². The van der Waals surface area contributed by atoms with Crippen molar-refractivity contribution in [2.45, 2.75) is 13.0 Å². The van der Waals surface area contributed by atoms with Crippen LogP contribution in [0.4, 0.5) is 5.69 Å². The minimum Gasteiger partial charge on any atom is -0.497 e. The predicted octanol–water partition coefficient (Wildman–Crippen LogP) is 0.263. The number of nitrogens with zero attached hydrogens (tertiary/aromatic N) is 3. The summed E-state index contributed by atoms with van der Waals surface area (Å²) >= 11 is 0. The Morgan fingerprint density at radius 1 is 1.53 bits per heavy atom. The number of fused-ring (bicyclic) bond motifs is 3. The van der Waals surface area contributed by atoms with Gasteiger partial charge in [0.15, 0.2) is 0 Å². The van der Waals surface area contributed by atoms with E-state index < -0.39 is 0 Å². The van der Waals surface area contributed by atoms with E-state index >= 15 is 0 Å². The molecule has 1 amide bonds. The summed E-state index contributed by atoms with van der Waals surface area (Å²) in [5.74, 6) is 0.490. The fourth-order valence-corrected chi connectivity index (χ4v) is 2.09. The second-order valence-corrected chi connectivity index (χ2v) is 4.16. The number of aliphatic hydroxyl groups is 1. The Morgan fingerprint density at radius 2 is 2.37 bits per heavy atom. The van der Waals surface area contributed by atoms with Crippen LogP contribution in [0, 0.1) is 0 Å². The first kappa shape index (κ1) is 11.7. The molecule has 0 saturated carbocycles. The standard InChI is InChI=1S/C12H12N4O3/c1-19-7-2-3-8-10(4-7)16-11(5-12(18)13-8)9(6-17)14-15-16/h2-4,17H,5-6H2,1H3,(H,13,18). The number of amides is 1. The topological polar surface area (TPSA) is 89.3 Å². The van der Waals surface area contributed by atoms with Crippen molar-refractivity contribution in [1.29, 1.82) is 0 Å². The maximum atomic E-state index is 11.8. The number of carbonyl (C=O) groups excluding carboxylic acids is 1. The molecule has 1 aromatic heterocycles. The highest BCUT2D eigenvalue weighted by Crippen LogP contribution is 2.29. The first-order chi connectivity index (χ1) is 9.22. The van der Waals surface area contributed by atoms with E-state index in [9.17, 15) is 9.90 Å². The molecule has 2 aromatic rings.